The van der Waals surface area contributed by atoms with E-state index >= 15 is 0 Å². The van der Waals surface area contributed by atoms with Crippen LogP contribution in [-0.4, -0.2) is 40.2 Å². The van der Waals surface area contributed by atoms with Crippen LogP contribution in [0.1, 0.15) is 51.7 Å². The Hall–Kier alpha value is -2.93. The van der Waals surface area contributed by atoms with Gasteiger partial charge in [-0.3, -0.25) is 4.79 Å². The first-order chi connectivity index (χ1) is 14.2. The molecule has 0 saturated carbocycles. The van der Waals surface area contributed by atoms with Gasteiger partial charge in [0.1, 0.15) is 11.4 Å². The molecule has 0 radical (unpaired) electrons. The molecule has 2 aromatic rings. The van der Waals surface area contributed by atoms with Gasteiger partial charge in [-0.15, -0.1) is 0 Å². The topological polar surface area (TPSA) is 97.8 Å². The molecule has 1 amide bonds. The molecule has 7 nitrogen and oxygen atoms in total. The molecule has 0 bridgehead atoms. The predicted molar refractivity (Wildman–Crippen MR) is 113 cm³/mol. The van der Waals surface area contributed by atoms with Crippen LogP contribution in [0.15, 0.2) is 54.7 Å². The van der Waals surface area contributed by atoms with E-state index in [-0.39, 0.29) is 18.6 Å². The summed E-state index contributed by atoms with van der Waals surface area (Å²) in [6.07, 6.45) is 0.690. The van der Waals surface area contributed by atoms with Crippen LogP contribution in [0.5, 0.6) is 5.88 Å². The van der Waals surface area contributed by atoms with Crippen molar-refractivity contribution >= 4 is 11.9 Å². The van der Waals surface area contributed by atoms with Gasteiger partial charge in [0.15, 0.2) is 0 Å². The average Bonchev–Trinajstić information content (AvgIpc) is 2.70. The van der Waals surface area contributed by atoms with E-state index in [1.807, 2.05) is 12.1 Å². The second-order valence-corrected chi connectivity index (χ2v) is 7.97. The maximum absolute atomic E-state index is 12.5. The summed E-state index contributed by atoms with van der Waals surface area (Å²) in [6.45, 7) is 5.61. The van der Waals surface area contributed by atoms with Gasteiger partial charge >= 0.3 is 6.09 Å². The number of pyridine rings is 1. The van der Waals surface area contributed by atoms with Crippen molar-refractivity contribution in [2.75, 3.05) is 6.61 Å². The molecule has 0 aliphatic carbocycles. The number of aliphatic hydroxyl groups excluding tert-OH is 1. The van der Waals surface area contributed by atoms with Crippen LogP contribution in [0.2, 0.25) is 0 Å². The minimum atomic E-state index is -1.03. The highest BCUT2D eigenvalue weighted by molar-refractivity contribution is 5.80. The minimum absolute atomic E-state index is 0.0150. The summed E-state index contributed by atoms with van der Waals surface area (Å²) >= 11 is 0. The number of rotatable bonds is 10. The van der Waals surface area contributed by atoms with Gasteiger partial charge in [-0.2, -0.15) is 0 Å². The highest BCUT2D eigenvalue weighted by Gasteiger charge is 2.27. The first-order valence-electron chi connectivity index (χ1n) is 10.0. The van der Waals surface area contributed by atoms with Gasteiger partial charge in [0.25, 0.3) is 0 Å². The minimum Gasteiger partial charge on any atom is -0.478 e. The number of aromatic nitrogens is 1. The molecule has 0 aliphatic rings. The maximum Gasteiger partial charge on any atom is 0.407 e. The van der Waals surface area contributed by atoms with Crippen molar-refractivity contribution < 1.29 is 24.2 Å². The Balaban J connectivity index is 1.92. The Morgan fingerprint density at radius 2 is 1.80 bits per heavy atom. The lowest BCUT2D eigenvalue weighted by Gasteiger charge is -2.26. The number of amides is 1. The van der Waals surface area contributed by atoms with Crippen molar-refractivity contribution in [2.45, 2.75) is 57.8 Å². The monoisotopic (exact) mass is 414 g/mol. The van der Waals surface area contributed by atoms with Gasteiger partial charge in [-0.1, -0.05) is 36.4 Å². The van der Waals surface area contributed by atoms with Gasteiger partial charge in [0.2, 0.25) is 5.88 Å². The van der Waals surface area contributed by atoms with Crippen molar-refractivity contribution in [1.82, 2.24) is 10.3 Å². The summed E-state index contributed by atoms with van der Waals surface area (Å²) in [6, 6.07) is 13.5. The molecule has 1 aromatic carbocycles. The molecule has 162 valence electrons. The highest BCUT2D eigenvalue weighted by atomic mass is 16.6. The number of nitrogens with zero attached hydrogens (tertiary/aromatic N) is 1. The molecular formula is C23H30N2O5. The predicted octanol–water partition coefficient (Wildman–Crippen LogP) is 3.83. The van der Waals surface area contributed by atoms with E-state index in [1.54, 1.807) is 63.4 Å². The molecule has 30 heavy (non-hydrogen) atoms. The van der Waals surface area contributed by atoms with Crippen LogP contribution in [0.4, 0.5) is 4.79 Å². The third-order valence-electron chi connectivity index (χ3n) is 4.16. The molecule has 0 spiro atoms. The average molecular weight is 415 g/mol. The van der Waals surface area contributed by atoms with E-state index in [0.717, 1.165) is 0 Å². The number of Topliss-reactive ketones (excluding diaryl/α,β-unsaturated/α-hetero) is 1. The third kappa shape index (κ3) is 8.61. The van der Waals surface area contributed by atoms with E-state index in [1.165, 1.54) is 0 Å². The van der Waals surface area contributed by atoms with Gasteiger partial charge in [-0.05, 0) is 38.8 Å². The van der Waals surface area contributed by atoms with Gasteiger partial charge in [-0.25, -0.2) is 9.78 Å². The maximum atomic E-state index is 12.5. The van der Waals surface area contributed by atoms with E-state index in [0.29, 0.717) is 24.5 Å². The molecule has 2 rings (SSSR count). The number of ketones is 1. The number of hydrogen-bond acceptors (Lipinski definition) is 6. The quantitative estimate of drug-likeness (QED) is 0.574. The zero-order valence-corrected chi connectivity index (χ0v) is 17.7. The normalized spacial score (nSPS) is 13.2. The number of nitrogens with one attached hydrogen (secondary N) is 1. The molecule has 2 unspecified atom stereocenters. The van der Waals surface area contributed by atoms with Crippen molar-refractivity contribution in [3.05, 3.63) is 60.3 Å². The summed E-state index contributed by atoms with van der Waals surface area (Å²) in [7, 11) is 0. The fourth-order valence-corrected chi connectivity index (χ4v) is 2.81. The van der Waals surface area contributed by atoms with Crippen LogP contribution in [0, 0.1) is 0 Å². The molecule has 1 aromatic heterocycles. The molecule has 2 atom stereocenters. The second-order valence-electron chi connectivity index (χ2n) is 7.97. The number of ether oxygens (including phenoxy) is 2. The largest absolute Gasteiger partial charge is 0.478 e. The Bertz CT molecular complexity index is 790. The van der Waals surface area contributed by atoms with Crippen LogP contribution >= 0.6 is 0 Å². The summed E-state index contributed by atoms with van der Waals surface area (Å²) in [5.74, 6) is 0.421. The number of hydrogen-bond donors (Lipinski definition) is 2. The fourth-order valence-electron chi connectivity index (χ4n) is 2.81. The van der Waals surface area contributed by atoms with Crippen molar-refractivity contribution in [3.63, 3.8) is 0 Å². The van der Waals surface area contributed by atoms with Crippen LogP contribution in [0.25, 0.3) is 0 Å². The SMILES string of the molecule is CC(C)(C)OC(=O)NC(CC(=O)CCCOc1ccccn1)C(O)c1ccccc1. The number of carbonyl (C=O) groups is 2. The van der Waals surface area contributed by atoms with Crippen LogP contribution in [-0.2, 0) is 9.53 Å². The van der Waals surface area contributed by atoms with E-state index < -0.39 is 23.8 Å². The zero-order valence-electron chi connectivity index (χ0n) is 17.7. The van der Waals surface area contributed by atoms with E-state index in [4.69, 9.17) is 9.47 Å². The Labute approximate surface area is 177 Å². The number of aliphatic hydroxyl groups is 1. The number of benzene rings is 1. The van der Waals surface area contributed by atoms with Gasteiger partial charge in [0, 0.05) is 25.1 Å². The van der Waals surface area contributed by atoms with Crippen molar-refractivity contribution in [1.29, 1.82) is 0 Å². The Morgan fingerprint density at radius 3 is 2.43 bits per heavy atom. The smallest absolute Gasteiger partial charge is 0.407 e. The molecule has 0 saturated heterocycles. The Kier molecular flexibility index (Phi) is 8.80. The first kappa shape index (κ1) is 23.3. The summed E-state index contributed by atoms with van der Waals surface area (Å²) in [5.41, 5.74) is -0.0658. The lowest BCUT2D eigenvalue weighted by molar-refractivity contribution is -0.120. The molecule has 0 fully saturated rings. The van der Waals surface area contributed by atoms with Crippen molar-refractivity contribution in [2.24, 2.45) is 0 Å². The molecular weight excluding hydrogens is 384 g/mol. The lowest BCUT2D eigenvalue weighted by Crippen LogP contribution is -2.43. The summed E-state index contributed by atoms with van der Waals surface area (Å²) in [5, 5.41) is 13.4. The molecule has 7 heteroatoms. The zero-order chi connectivity index (χ0) is 22.0. The van der Waals surface area contributed by atoms with Crippen molar-refractivity contribution in [3.8, 4) is 5.88 Å². The number of alkyl carbamates (subject to hydrolysis) is 1. The fraction of sp³-hybridized carbons (Fsp3) is 0.435. The van der Waals surface area contributed by atoms with Crippen LogP contribution in [0.3, 0.4) is 0 Å². The first-order valence-corrected chi connectivity index (χ1v) is 10.0. The third-order valence-corrected chi connectivity index (χ3v) is 4.16. The van der Waals surface area contributed by atoms with Gasteiger partial charge in [0.05, 0.1) is 18.8 Å². The number of carbonyl (C=O) groups excluding carboxylic acids is 2. The van der Waals surface area contributed by atoms with E-state index in [2.05, 4.69) is 10.3 Å². The summed E-state index contributed by atoms with van der Waals surface area (Å²) in [4.78, 5) is 28.8. The standard InChI is InChI=1S/C23H30N2O5/c1-23(2,3)30-22(28)25-19(21(27)17-10-5-4-6-11-17)16-18(26)12-9-15-29-20-13-7-8-14-24-20/h4-8,10-11,13-14,19,21,27H,9,12,15-16H2,1-3H3,(H,25,28). The highest BCUT2D eigenvalue weighted by Crippen LogP contribution is 2.20. The lowest BCUT2D eigenvalue weighted by atomic mass is 9.96. The molecule has 0 aliphatic heterocycles. The van der Waals surface area contributed by atoms with E-state index in [9.17, 15) is 14.7 Å². The van der Waals surface area contributed by atoms with Gasteiger partial charge < -0.3 is 19.9 Å². The second kappa shape index (κ2) is 11.3. The molecule has 1 heterocycles. The summed E-state index contributed by atoms with van der Waals surface area (Å²) < 4.78 is 10.8. The molecule has 2 N–H and O–H groups in total. The van der Waals surface area contributed by atoms with Crippen LogP contribution < -0.4 is 10.1 Å². The Morgan fingerprint density at radius 1 is 1.10 bits per heavy atom.